The van der Waals surface area contributed by atoms with Gasteiger partial charge >= 0.3 is 5.97 Å². The van der Waals surface area contributed by atoms with E-state index in [-0.39, 0.29) is 16.8 Å². The molecule has 8 heteroatoms. The van der Waals surface area contributed by atoms with E-state index in [2.05, 4.69) is 5.43 Å². The minimum atomic E-state index is -1.14. The van der Waals surface area contributed by atoms with Crippen LogP contribution in [0.1, 0.15) is 16.7 Å². The Labute approximate surface area is 178 Å². The lowest BCUT2D eigenvalue weighted by Crippen LogP contribution is -2.28. The third kappa shape index (κ3) is 3.89. The van der Waals surface area contributed by atoms with Gasteiger partial charge in [-0.15, -0.1) is 0 Å². The number of halogens is 1. The lowest BCUT2D eigenvalue weighted by atomic mass is 9.97. The van der Waals surface area contributed by atoms with Gasteiger partial charge in [0.2, 0.25) is 0 Å². The number of anilines is 1. The monoisotopic (exact) mass is 423 g/mol. The maximum atomic E-state index is 14.6. The summed E-state index contributed by atoms with van der Waals surface area (Å²) in [6.07, 6.45) is 4.32. The molecule has 1 aliphatic rings. The number of rotatable bonds is 6. The van der Waals surface area contributed by atoms with Gasteiger partial charge in [-0.05, 0) is 42.3 Å². The zero-order valence-corrected chi connectivity index (χ0v) is 17.2. The number of aromatic nitrogens is 1. The molecule has 7 nitrogen and oxygen atoms in total. The van der Waals surface area contributed by atoms with Gasteiger partial charge < -0.3 is 14.4 Å². The number of nitrogens with one attached hydrogen (secondary N) is 1. The van der Waals surface area contributed by atoms with Gasteiger partial charge in [0, 0.05) is 37.2 Å². The molecule has 0 radical (unpaired) electrons. The van der Waals surface area contributed by atoms with Gasteiger partial charge in [-0.2, -0.15) is 0 Å². The predicted molar refractivity (Wildman–Crippen MR) is 116 cm³/mol. The molecule has 0 atom stereocenters. The van der Waals surface area contributed by atoms with E-state index < -0.39 is 18.4 Å². The van der Waals surface area contributed by atoms with E-state index in [1.807, 2.05) is 41.6 Å². The fourth-order valence-electron chi connectivity index (χ4n) is 3.84. The molecule has 0 fully saturated rings. The number of aryl methyl sites for hydroxylation is 2. The van der Waals surface area contributed by atoms with Crippen molar-refractivity contribution in [2.75, 3.05) is 18.2 Å². The number of fused-ring (bicyclic) bond motifs is 1. The summed E-state index contributed by atoms with van der Waals surface area (Å²) in [6.45, 7) is 1.95. The molecule has 2 aromatic carbocycles. The highest BCUT2D eigenvalue weighted by Crippen LogP contribution is 2.32. The summed E-state index contributed by atoms with van der Waals surface area (Å²) in [5, 5.41) is 11.3. The van der Waals surface area contributed by atoms with Gasteiger partial charge in [0.15, 0.2) is 6.61 Å². The molecule has 2 N–H and O–H groups in total. The quantitative estimate of drug-likeness (QED) is 0.634. The molecule has 31 heavy (non-hydrogen) atoms. The Morgan fingerprint density at radius 3 is 2.61 bits per heavy atom. The standard InChI is InChI=1S/C23H22FN3O4/c1-14-17(12-15-4-6-16(7-5-15)27-11-3-10-25-27)23(30)26(2)22-18(24)8-9-19(21(14)22)31-13-20(28)29/h3-9,11,25H,10,12-13H2,1-2H3,(H,28,29). The molecule has 1 aromatic heterocycles. The van der Waals surface area contributed by atoms with Crippen LogP contribution in [0.5, 0.6) is 5.75 Å². The summed E-state index contributed by atoms with van der Waals surface area (Å²) in [7, 11) is 1.51. The summed E-state index contributed by atoms with van der Waals surface area (Å²) < 4.78 is 21.2. The Bertz CT molecular complexity index is 1250. The van der Waals surface area contributed by atoms with Crippen molar-refractivity contribution >= 4 is 22.6 Å². The second-order valence-electron chi connectivity index (χ2n) is 7.38. The van der Waals surface area contributed by atoms with Crippen molar-refractivity contribution < 1.29 is 19.0 Å². The number of hydrazine groups is 1. The highest BCUT2D eigenvalue weighted by Gasteiger charge is 2.19. The Balaban J connectivity index is 1.77. The van der Waals surface area contributed by atoms with Gasteiger partial charge in [-0.1, -0.05) is 18.2 Å². The van der Waals surface area contributed by atoms with Crippen molar-refractivity contribution in [3.8, 4) is 5.75 Å². The first kappa shape index (κ1) is 20.6. The fourth-order valence-corrected chi connectivity index (χ4v) is 3.84. The minimum Gasteiger partial charge on any atom is -0.481 e. The molecule has 0 unspecified atom stereocenters. The lowest BCUT2D eigenvalue weighted by molar-refractivity contribution is -0.139. The van der Waals surface area contributed by atoms with Crippen molar-refractivity contribution in [3.05, 3.63) is 81.5 Å². The number of pyridine rings is 1. The Morgan fingerprint density at radius 2 is 1.97 bits per heavy atom. The number of ether oxygens (including phenoxy) is 1. The van der Waals surface area contributed by atoms with Gasteiger partial charge in [-0.25, -0.2) is 14.6 Å². The smallest absolute Gasteiger partial charge is 0.341 e. The zero-order valence-electron chi connectivity index (χ0n) is 17.2. The molecule has 2 heterocycles. The molecular formula is C23H22FN3O4. The average molecular weight is 423 g/mol. The Kier molecular flexibility index (Phi) is 5.48. The van der Waals surface area contributed by atoms with E-state index in [1.54, 1.807) is 6.92 Å². The second-order valence-corrected chi connectivity index (χ2v) is 7.38. The predicted octanol–water partition coefficient (Wildman–Crippen LogP) is 2.88. The molecule has 0 saturated heterocycles. The first-order chi connectivity index (χ1) is 14.9. The number of hydrogen-bond acceptors (Lipinski definition) is 5. The van der Waals surface area contributed by atoms with Crippen LogP contribution in [0.3, 0.4) is 0 Å². The number of aliphatic carboxylic acids is 1. The van der Waals surface area contributed by atoms with Crippen LogP contribution in [0, 0.1) is 12.7 Å². The zero-order chi connectivity index (χ0) is 22.1. The van der Waals surface area contributed by atoms with E-state index >= 15 is 0 Å². The first-order valence-corrected chi connectivity index (χ1v) is 9.80. The molecular weight excluding hydrogens is 401 g/mol. The lowest BCUT2D eigenvalue weighted by Gasteiger charge is -2.18. The van der Waals surface area contributed by atoms with Gasteiger partial charge in [-0.3, -0.25) is 9.80 Å². The van der Waals surface area contributed by atoms with Crippen molar-refractivity contribution in [1.82, 2.24) is 9.99 Å². The third-order valence-electron chi connectivity index (χ3n) is 5.40. The van der Waals surface area contributed by atoms with Crippen LogP contribution in [0.15, 0.2) is 53.5 Å². The van der Waals surface area contributed by atoms with E-state index in [1.165, 1.54) is 23.7 Å². The number of carbonyl (C=O) groups is 1. The number of nitrogens with zero attached hydrogens (tertiary/aromatic N) is 2. The maximum Gasteiger partial charge on any atom is 0.341 e. The van der Waals surface area contributed by atoms with Gasteiger partial charge in [0.25, 0.3) is 5.56 Å². The molecule has 0 saturated carbocycles. The highest BCUT2D eigenvalue weighted by molar-refractivity contribution is 5.90. The number of carboxylic acids is 1. The number of hydrogen-bond donors (Lipinski definition) is 2. The van der Waals surface area contributed by atoms with E-state index in [4.69, 9.17) is 9.84 Å². The summed E-state index contributed by atoms with van der Waals surface area (Å²) >= 11 is 0. The van der Waals surface area contributed by atoms with Crippen LogP contribution in [0.4, 0.5) is 10.1 Å². The largest absolute Gasteiger partial charge is 0.481 e. The van der Waals surface area contributed by atoms with Crippen LogP contribution in [0.2, 0.25) is 0 Å². The van der Waals surface area contributed by atoms with Crippen LogP contribution < -0.4 is 20.7 Å². The van der Waals surface area contributed by atoms with Gasteiger partial charge in [0.1, 0.15) is 11.6 Å². The molecule has 4 rings (SSSR count). The molecule has 0 amide bonds. The number of carboxylic acid groups (broad SMARTS) is 1. The highest BCUT2D eigenvalue weighted by atomic mass is 19.1. The topological polar surface area (TPSA) is 83.8 Å². The first-order valence-electron chi connectivity index (χ1n) is 9.80. The van der Waals surface area contributed by atoms with Crippen LogP contribution in [-0.4, -0.2) is 28.8 Å². The van der Waals surface area contributed by atoms with E-state index in [9.17, 15) is 14.0 Å². The van der Waals surface area contributed by atoms with E-state index in [0.717, 1.165) is 17.8 Å². The van der Waals surface area contributed by atoms with Crippen molar-refractivity contribution in [2.45, 2.75) is 13.3 Å². The van der Waals surface area contributed by atoms with Crippen LogP contribution in [0.25, 0.3) is 10.9 Å². The van der Waals surface area contributed by atoms with Crippen LogP contribution >= 0.6 is 0 Å². The summed E-state index contributed by atoms with van der Waals surface area (Å²) in [5.41, 5.74) is 5.98. The molecule has 0 aliphatic carbocycles. The summed E-state index contributed by atoms with van der Waals surface area (Å²) in [4.78, 5) is 24.0. The van der Waals surface area contributed by atoms with Gasteiger partial charge in [0.05, 0.1) is 11.2 Å². The molecule has 0 spiro atoms. The second kappa shape index (κ2) is 8.23. The molecule has 160 valence electrons. The van der Waals surface area contributed by atoms with E-state index in [0.29, 0.717) is 22.9 Å². The summed E-state index contributed by atoms with van der Waals surface area (Å²) in [5.74, 6) is -1.47. The SMILES string of the molecule is Cc1c(Cc2ccc(N3C=CCN3)cc2)c(=O)n(C)c2c(F)ccc(OCC(=O)O)c12. The Hall–Kier alpha value is -3.65. The summed E-state index contributed by atoms with van der Waals surface area (Å²) in [6, 6.07) is 10.4. The van der Waals surface area contributed by atoms with Crippen molar-refractivity contribution in [1.29, 1.82) is 0 Å². The maximum absolute atomic E-state index is 14.6. The average Bonchev–Trinajstić information content (AvgIpc) is 3.29. The third-order valence-corrected chi connectivity index (χ3v) is 5.40. The minimum absolute atomic E-state index is 0.0939. The van der Waals surface area contributed by atoms with Crippen LogP contribution in [-0.2, 0) is 18.3 Å². The normalized spacial score (nSPS) is 13.2. The Morgan fingerprint density at radius 1 is 1.23 bits per heavy atom. The molecule has 0 bridgehead atoms. The van der Waals surface area contributed by atoms with Crippen molar-refractivity contribution in [3.63, 3.8) is 0 Å². The number of benzene rings is 2. The van der Waals surface area contributed by atoms with Crippen molar-refractivity contribution in [2.24, 2.45) is 7.05 Å². The fraction of sp³-hybridized carbons (Fsp3) is 0.217. The molecule has 1 aliphatic heterocycles. The molecule has 3 aromatic rings.